The highest BCUT2D eigenvalue weighted by molar-refractivity contribution is 5.95. The average molecular weight is 350 g/mol. The summed E-state index contributed by atoms with van der Waals surface area (Å²) < 4.78 is 5.27. The van der Waals surface area contributed by atoms with E-state index in [0.717, 1.165) is 29.4 Å². The fourth-order valence-corrected chi connectivity index (χ4v) is 2.55. The number of carbonyl (C=O) groups is 1. The van der Waals surface area contributed by atoms with E-state index in [2.05, 4.69) is 22.2 Å². The Hall–Kier alpha value is -3.15. The third-order valence-electron chi connectivity index (χ3n) is 4.18. The standard InChI is InChI=1S/C20H22N4O2/c1-3-24(2)19-13-18(22-14-23-19)15-6-4-7-16(12-15)20(25)21-10-9-17-8-5-11-26-17/h4-8,11-14H,3,9-10H2,1-2H3,(H,21,25). The molecule has 2 aromatic heterocycles. The van der Waals surface area contributed by atoms with Crippen molar-refractivity contribution in [1.82, 2.24) is 15.3 Å². The molecule has 1 amide bonds. The first kappa shape index (κ1) is 17.7. The molecule has 3 aromatic rings. The number of benzene rings is 1. The van der Waals surface area contributed by atoms with Crippen molar-refractivity contribution < 1.29 is 9.21 Å². The molecule has 0 aliphatic heterocycles. The summed E-state index contributed by atoms with van der Waals surface area (Å²) in [6, 6.07) is 13.1. The maximum atomic E-state index is 12.4. The predicted octanol–water partition coefficient (Wildman–Crippen LogP) is 3.17. The normalized spacial score (nSPS) is 10.5. The van der Waals surface area contributed by atoms with Gasteiger partial charge in [0.05, 0.1) is 12.0 Å². The molecule has 6 nitrogen and oxygen atoms in total. The van der Waals surface area contributed by atoms with E-state index in [1.165, 1.54) is 0 Å². The maximum absolute atomic E-state index is 12.4. The van der Waals surface area contributed by atoms with E-state index in [1.807, 2.05) is 48.3 Å². The smallest absolute Gasteiger partial charge is 0.251 e. The summed E-state index contributed by atoms with van der Waals surface area (Å²) in [6.07, 6.45) is 3.84. The molecule has 0 atom stereocenters. The summed E-state index contributed by atoms with van der Waals surface area (Å²) in [7, 11) is 1.98. The zero-order valence-electron chi connectivity index (χ0n) is 15.0. The van der Waals surface area contributed by atoms with Gasteiger partial charge in [0.25, 0.3) is 5.91 Å². The molecular weight excluding hydrogens is 328 g/mol. The Kier molecular flexibility index (Phi) is 5.63. The monoisotopic (exact) mass is 350 g/mol. The highest BCUT2D eigenvalue weighted by Crippen LogP contribution is 2.21. The zero-order chi connectivity index (χ0) is 18.4. The van der Waals surface area contributed by atoms with Gasteiger partial charge in [0, 0.05) is 43.8 Å². The summed E-state index contributed by atoms with van der Waals surface area (Å²) in [5, 5.41) is 2.91. The minimum Gasteiger partial charge on any atom is -0.469 e. The first-order chi connectivity index (χ1) is 12.7. The van der Waals surface area contributed by atoms with Crippen LogP contribution < -0.4 is 10.2 Å². The Morgan fingerprint density at radius 2 is 2.08 bits per heavy atom. The Labute approximate surface area is 152 Å². The number of furan rings is 1. The topological polar surface area (TPSA) is 71.3 Å². The van der Waals surface area contributed by atoms with Crippen molar-refractivity contribution in [2.75, 3.05) is 25.0 Å². The van der Waals surface area contributed by atoms with Crippen LogP contribution in [0.4, 0.5) is 5.82 Å². The number of hydrogen-bond donors (Lipinski definition) is 1. The van der Waals surface area contributed by atoms with Crippen molar-refractivity contribution in [3.63, 3.8) is 0 Å². The molecule has 0 aliphatic carbocycles. The lowest BCUT2D eigenvalue weighted by Crippen LogP contribution is -2.25. The first-order valence-electron chi connectivity index (χ1n) is 8.61. The van der Waals surface area contributed by atoms with Crippen LogP contribution in [0, 0.1) is 0 Å². The van der Waals surface area contributed by atoms with E-state index >= 15 is 0 Å². The van der Waals surface area contributed by atoms with Gasteiger partial charge < -0.3 is 14.6 Å². The van der Waals surface area contributed by atoms with Crippen LogP contribution in [0.15, 0.2) is 59.5 Å². The summed E-state index contributed by atoms with van der Waals surface area (Å²) in [4.78, 5) is 23.1. The zero-order valence-corrected chi connectivity index (χ0v) is 15.0. The number of carbonyl (C=O) groups excluding carboxylic acids is 1. The molecule has 1 aromatic carbocycles. The molecule has 0 radical (unpaired) electrons. The first-order valence-corrected chi connectivity index (χ1v) is 8.61. The molecule has 0 spiro atoms. The molecule has 26 heavy (non-hydrogen) atoms. The SMILES string of the molecule is CCN(C)c1cc(-c2cccc(C(=O)NCCc3ccco3)c2)ncn1. The van der Waals surface area contributed by atoms with Crippen LogP contribution in [0.25, 0.3) is 11.3 Å². The number of amides is 1. The third-order valence-corrected chi connectivity index (χ3v) is 4.18. The predicted molar refractivity (Wildman–Crippen MR) is 101 cm³/mol. The average Bonchev–Trinajstić information content (AvgIpc) is 3.21. The third kappa shape index (κ3) is 4.27. The van der Waals surface area contributed by atoms with Gasteiger partial charge >= 0.3 is 0 Å². The van der Waals surface area contributed by atoms with Gasteiger partial charge in [-0.2, -0.15) is 0 Å². The van der Waals surface area contributed by atoms with Gasteiger partial charge in [0.15, 0.2) is 0 Å². The van der Waals surface area contributed by atoms with Crippen LogP contribution in [0.5, 0.6) is 0 Å². The molecule has 0 saturated heterocycles. The van der Waals surface area contributed by atoms with E-state index < -0.39 is 0 Å². The Bertz CT molecular complexity index is 862. The summed E-state index contributed by atoms with van der Waals surface area (Å²) in [6.45, 7) is 3.44. The molecule has 3 rings (SSSR count). The number of nitrogens with one attached hydrogen (secondary N) is 1. The molecule has 2 heterocycles. The molecule has 0 saturated carbocycles. The summed E-state index contributed by atoms with van der Waals surface area (Å²) in [5.74, 6) is 1.59. The maximum Gasteiger partial charge on any atom is 0.251 e. The van der Waals surface area contributed by atoms with Crippen LogP contribution in [0.2, 0.25) is 0 Å². The molecule has 1 N–H and O–H groups in total. The Balaban J connectivity index is 1.70. The van der Waals surface area contributed by atoms with Crippen molar-refractivity contribution in [2.24, 2.45) is 0 Å². The van der Waals surface area contributed by atoms with E-state index in [9.17, 15) is 4.79 Å². The second-order valence-electron chi connectivity index (χ2n) is 5.94. The number of nitrogens with zero attached hydrogens (tertiary/aromatic N) is 3. The van der Waals surface area contributed by atoms with Gasteiger partial charge in [-0.05, 0) is 31.2 Å². The lowest BCUT2D eigenvalue weighted by Gasteiger charge is -2.15. The summed E-state index contributed by atoms with van der Waals surface area (Å²) in [5.41, 5.74) is 2.28. The number of aromatic nitrogens is 2. The largest absolute Gasteiger partial charge is 0.469 e. The lowest BCUT2D eigenvalue weighted by molar-refractivity contribution is 0.0953. The highest BCUT2D eigenvalue weighted by Gasteiger charge is 2.09. The lowest BCUT2D eigenvalue weighted by atomic mass is 10.1. The van der Waals surface area contributed by atoms with Crippen molar-refractivity contribution in [1.29, 1.82) is 0 Å². The van der Waals surface area contributed by atoms with Crippen LogP contribution in [0.3, 0.4) is 0 Å². The van der Waals surface area contributed by atoms with E-state index in [1.54, 1.807) is 18.7 Å². The van der Waals surface area contributed by atoms with E-state index in [4.69, 9.17) is 4.42 Å². The number of rotatable bonds is 7. The molecule has 0 aliphatic rings. The molecule has 0 bridgehead atoms. The van der Waals surface area contributed by atoms with Crippen molar-refractivity contribution in [3.8, 4) is 11.3 Å². The molecule has 0 unspecified atom stereocenters. The van der Waals surface area contributed by atoms with Crippen molar-refractivity contribution >= 4 is 11.7 Å². The van der Waals surface area contributed by atoms with Crippen molar-refractivity contribution in [3.05, 3.63) is 66.4 Å². The van der Waals surface area contributed by atoms with E-state index in [-0.39, 0.29) is 5.91 Å². The fraction of sp³-hybridized carbons (Fsp3) is 0.250. The van der Waals surface area contributed by atoms with Crippen LogP contribution >= 0.6 is 0 Å². The van der Waals surface area contributed by atoms with Crippen molar-refractivity contribution in [2.45, 2.75) is 13.3 Å². The highest BCUT2D eigenvalue weighted by atomic mass is 16.3. The second-order valence-corrected chi connectivity index (χ2v) is 5.94. The van der Waals surface area contributed by atoms with Gasteiger partial charge in [0.2, 0.25) is 0 Å². The van der Waals surface area contributed by atoms with Gasteiger partial charge in [-0.25, -0.2) is 9.97 Å². The number of anilines is 1. The van der Waals surface area contributed by atoms with Gasteiger partial charge in [-0.1, -0.05) is 12.1 Å². The summed E-state index contributed by atoms with van der Waals surface area (Å²) >= 11 is 0. The molecule has 0 fully saturated rings. The second kappa shape index (κ2) is 8.29. The van der Waals surface area contributed by atoms with E-state index in [0.29, 0.717) is 18.5 Å². The van der Waals surface area contributed by atoms with Gasteiger partial charge in [0.1, 0.15) is 17.9 Å². The fourth-order valence-electron chi connectivity index (χ4n) is 2.55. The Morgan fingerprint density at radius 1 is 1.19 bits per heavy atom. The van der Waals surface area contributed by atoms with Gasteiger partial charge in [-0.3, -0.25) is 4.79 Å². The minimum absolute atomic E-state index is 0.113. The van der Waals surface area contributed by atoms with Crippen LogP contribution in [0.1, 0.15) is 23.0 Å². The molecule has 134 valence electrons. The quantitative estimate of drug-likeness (QED) is 0.709. The van der Waals surface area contributed by atoms with Gasteiger partial charge in [-0.15, -0.1) is 0 Å². The molecular formula is C20H22N4O2. The number of hydrogen-bond acceptors (Lipinski definition) is 5. The Morgan fingerprint density at radius 3 is 2.85 bits per heavy atom. The molecule has 6 heteroatoms. The minimum atomic E-state index is -0.113. The van der Waals surface area contributed by atoms with Crippen LogP contribution in [-0.2, 0) is 6.42 Å². The van der Waals surface area contributed by atoms with Crippen LogP contribution in [-0.4, -0.2) is 36.0 Å².